The van der Waals surface area contributed by atoms with Gasteiger partial charge in [-0.05, 0) is 42.4 Å². The highest BCUT2D eigenvalue weighted by Crippen LogP contribution is 2.37. The molecule has 0 aromatic heterocycles. The van der Waals surface area contributed by atoms with Crippen LogP contribution in [-0.2, 0) is 0 Å². The highest BCUT2D eigenvalue weighted by molar-refractivity contribution is 5.49. The van der Waals surface area contributed by atoms with Gasteiger partial charge in [-0.25, -0.2) is 0 Å². The van der Waals surface area contributed by atoms with Gasteiger partial charge in [0.25, 0.3) is 0 Å². The Balaban J connectivity index is 1.33. The Hall–Kier alpha value is -3.44. The highest BCUT2D eigenvalue weighted by Gasteiger charge is 2.35. The quantitative estimate of drug-likeness (QED) is 0.707. The summed E-state index contributed by atoms with van der Waals surface area (Å²) in [5.41, 5.74) is 6.83. The minimum atomic E-state index is 0.281. The van der Waals surface area contributed by atoms with E-state index in [1.54, 1.807) is 9.80 Å². The van der Waals surface area contributed by atoms with Gasteiger partial charge < -0.3 is 4.90 Å². The fraction of sp³-hybridized carbons (Fsp3) is 0.333. The molecular formula is C30H32N4+2. The fourth-order valence-corrected chi connectivity index (χ4v) is 6.04. The standard InChI is InChI=1S/C30H30N4/c31-21-28(22-32)26-12-11-23-13-14-29(20-27(23)19-26)33-15-17-34(18-16-33)30(24-7-3-1-4-8-24)25-9-5-2-6-10-25/h1-10,19-20,23,30H,11-18H2/p+2/t23-/m0/s1. The summed E-state index contributed by atoms with van der Waals surface area (Å²) >= 11 is 0. The third-order valence-electron chi connectivity index (χ3n) is 7.85. The number of nitrogens with zero attached hydrogens (tertiary/aromatic N) is 2. The van der Waals surface area contributed by atoms with Crippen LogP contribution >= 0.6 is 0 Å². The van der Waals surface area contributed by atoms with Crippen LogP contribution in [0.4, 0.5) is 0 Å². The first kappa shape index (κ1) is 22.4. The molecule has 0 unspecified atom stereocenters. The van der Waals surface area contributed by atoms with Crippen molar-refractivity contribution >= 4 is 0 Å². The largest absolute Gasteiger partial charge is 0.316 e. The zero-order valence-corrected chi connectivity index (χ0v) is 19.6. The molecule has 0 saturated carbocycles. The summed E-state index contributed by atoms with van der Waals surface area (Å²) in [4.78, 5) is 3.25. The number of quaternary nitrogens is 2. The molecule has 1 saturated heterocycles. The molecule has 2 aliphatic carbocycles. The maximum absolute atomic E-state index is 9.28. The zero-order chi connectivity index (χ0) is 23.3. The topological polar surface area (TPSA) is 56.5 Å². The normalized spacial score (nSPS) is 24.3. The van der Waals surface area contributed by atoms with Crippen molar-refractivity contribution in [2.75, 3.05) is 26.2 Å². The van der Waals surface area contributed by atoms with Gasteiger partial charge in [-0.1, -0.05) is 66.7 Å². The first-order chi connectivity index (χ1) is 16.8. The number of benzene rings is 2. The van der Waals surface area contributed by atoms with Crippen LogP contribution in [0.2, 0.25) is 0 Å². The van der Waals surface area contributed by atoms with Crippen molar-refractivity contribution in [2.45, 2.75) is 31.7 Å². The monoisotopic (exact) mass is 448 g/mol. The summed E-state index contributed by atoms with van der Waals surface area (Å²) in [6.07, 6.45) is 8.79. The molecule has 1 aliphatic heterocycles. The Morgan fingerprint density at radius 1 is 0.765 bits per heavy atom. The number of rotatable bonds is 4. The molecule has 3 aliphatic rings. The van der Waals surface area contributed by atoms with Crippen molar-refractivity contribution < 1.29 is 9.80 Å². The minimum absolute atomic E-state index is 0.281. The summed E-state index contributed by atoms with van der Waals surface area (Å²) in [5, 5.41) is 18.6. The number of nitriles is 2. The van der Waals surface area contributed by atoms with E-state index >= 15 is 0 Å². The summed E-state index contributed by atoms with van der Waals surface area (Å²) in [6.45, 7) is 4.56. The Morgan fingerprint density at radius 2 is 1.35 bits per heavy atom. The van der Waals surface area contributed by atoms with E-state index in [9.17, 15) is 10.5 Å². The van der Waals surface area contributed by atoms with E-state index in [1.165, 1.54) is 28.8 Å². The van der Waals surface area contributed by atoms with Gasteiger partial charge in [0.2, 0.25) is 0 Å². The fourth-order valence-electron chi connectivity index (χ4n) is 6.04. The van der Waals surface area contributed by atoms with Gasteiger partial charge in [-0.15, -0.1) is 0 Å². The lowest BCUT2D eigenvalue weighted by Gasteiger charge is -2.37. The van der Waals surface area contributed by atoms with Gasteiger partial charge in [-0.2, -0.15) is 10.5 Å². The van der Waals surface area contributed by atoms with Crippen LogP contribution in [-0.4, -0.2) is 26.2 Å². The summed E-state index contributed by atoms with van der Waals surface area (Å²) in [6, 6.07) is 26.4. The van der Waals surface area contributed by atoms with Crippen LogP contribution in [0.25, 0.3) is 0 Å². The molecule has 1 heterocycles. The molecule has 1 fully saturated rings. The first-order valence-electron chi connectivity index (χ1n) is 12.5. The Labute approximate surface area is 202 Å². The second-order valence-electron chi connectivity index (χ2n) is 9.73. The second-order valence-corrected chi connectivity index (χ2v) is 9.73. The van der Waals surface area contributed by atoms with Crippen LogP contribution < -0.4 is 9.80 Å². The number of allylic oxidation sites excluding steroid dienone is 6. The number of hydrogen-bond donors (Lipinski definition) is 2. The van der Waals surface area contributed by atoms with Crippen LogP contribution in [0.1, 0.15) is 42.9 Å². The molecule has 2 N–H and O–H groups in total. The highest BCUT2D eigenvalue weighted by atomic mass is 15.3. The molecule has 4 heteroatoms. The van der Waals surface area contributed by atoms with Gasteiger partial charge in [-0.3, -0.25) is 4.90 Å². The lowest BCUT2D eigenvalue weighted by molar-refractivity contribution is -1.01. The van der Waals surface area contributed by atoms with E-state index in [2.05, 4.69) is 85.0 Å². The van der Waals surface area contributed by atoms with Gasteiger partial charge >= 0.3 is 0 Å². The Morgan fingerprint density at radius 3 is 1.94 bits per heavy atom. The second kappa shape index (κ2) is 10.2. The van der Waals surface area contributed by atoms with E-state index in [4.69, 9.17) is 0 Å². The van der Waals surface area contributed by atoms with Crippen molar-refractivity contribution in [1.29, 1.82) is 10.5 Å². The van der Waals surface area contributed by atoms with Gasteiger partial charge in [0.15, 0.2) is 0 Å². The van der Waals surface area contributed by atoms with Crippen molar-refractivity contribution in [3.05, 3.63) is 106 Å². The van der Waals surface area contributed by atoms with Crippen LogP contribution in [0.3, 0.4) is 0 Å². The van der Waals surface area contributed by atoms with Crippen LogP contribution in [0.5, 0.6) is 0 Å². The molecule has 0 radical (unpaired) electrons. The SMILES string of the molecule is N#CC(C#N)=C1C=C2C=C([NH+]3CC[NH+](C(c4ccccc4)c4ccccc4)CC3)CC[C@@H]2CC1. The molecule has 170 valence electrons. The van der Waals surface area contributed by atoms with Crippen LogP contribution in [0.15, 0.2) is 95.2 Å². The van der Waals surface area contributed by atoms with E-state index in [0.29, 0.717) is 12.0 Å². The smallest absolute Gasteiger partial charge is 0.139 e. The number of hydrogen-bond acceptors (Lipinski definition) is 2. The third kappa shape index (κ3) is 4.62. The third-order valence-corrected chi connectivity index (χ3v) is 7.85. The predicted octanol–water partition coefficient (Wildman–Crippen LogP) is 2.92. The molecule has 1 atom stereocenters. The van der Waals surface area contributed by atoms with E-state index in [1.807, 2.05) is 0 Å². The van der Waals surface area contributed by atoms with Gasteiger partial charge in [0.05, 0.1) is 0 Å². The Bertz CT molecular complexity index is 1130. The maximum atomic E-state index is 9.28. The first-order valence-corrected chi connectivity index (χ1v) is 12.5. The molecule has 2 aromatic rings. The lowest BCUT2D eigenvalue weighted by atomic mass is 9.77. The summed E-state index contributed by atoms with van der Waals surface area (Å²) in [5.74, 6) is 0.581. The van der Waals surface area contributed by atoms with Gasteiger partial charge in [0, 0.05) is 17.5 Å². The predicted molar refractivity (Wildman–Crippen MR) is 132 cm³/mol. The molecule has 34 heavy (non-hydrogen) atoms. The van der Waals surface area contributed by atoms with E-state index < -0.39 is 0 Å². The van der Waals surface area contributed by atoms with E-state index in [-0.39, 0.29) is 5.57 Å². The summed E-state index contributed by atoms with van der Waals surface area (Å²) in [7, 11) is 0. The lowest BCUT2D eigenvalue weighted by Crippen LogP contribution is -3.27. The van der Waals surface area contributed by atoms with Crippen LogP contribution in [0, 0.1) is 28.6 Å². The van der Waals surface area contributed by atoms with Crippen molar-refractivity contribution in [3.63, 3.8) is 0 Å². The van der Waals surface area contributed by atoms with Crippen molar-refractivity contribution in [1.82, 2.24) is 0 Å². The molecule has 0 spiro atoms. The summed E-state index contributed by atoms with van der Waals surface area (Å²) < 4.78 is 0. The van der Waals surface area contributed by atoms with Crippen molar-refractivity contribution in [3.8, 4) is 12.1 Å². The number of nitrogens with one attached hydrogen (secondary N) is 2. The molecule has 4 nitrogen and oxygen atoms in total. The van der Waals surface area contributed by atoms with Crippen molar-refractivity contribution in [2.24, 2.45) is 5.92 Å². The minimum Gasteiger partial charge on any atom is -0.316 e. The molecule has 2 aromatic carbocycles. The maximum Gasteiger partial charge on any atom is 0.139 e. The molecular weight excluding hydrogens is 416 g/mol. The molecule has 0 amide bonds. The number of fused-ring (bicyclic) bond motifs is 1. The molecule has 0 bridgehead atoms. The average molecular weight is 449 g/mol. The molecule has 5 rings (SSSR count). The van der Waals surface area contributed by atoms with Gasteiger partial charge in [0.1, 0.15) is 55.6 Å². The number of piperazine rings is 1. The Kier molecular flexibility index (Phi) is 6.72. The zero-order valence-electron chi connectivity index (χ0n) is 19.6. The average Bonchev–Trinajstić information content (AvgIpc) is 2.91. The van der Waals surface area contributed by atoms with E-state index in [0.717, 1.165) is 51.0 Å².